The number of esters is 4. The quantitative estimate of drug-likeness (QED) is 0.0462. The second-order valence-corrected chi connectivity index (χ2v) is 21.3. The van der Waals surface area contributed by atoms with E-state index in [2.05, 4.69) is 19.9 Å². The maximum Gasteiger partial charge on any atom is 0.331 e. The van der Waals surface area contributed by atoms with Crippen LogP contribution in [-0.2, 0) is 57.1 Å². The first-order valence-corrected chi connectivity index (χ1v) is 26.5. The van der Waals surface area contributed by atoms with Gasteiger partial charge in [0.15, 0.2) is 0 Å². The largest absolute Gasteiger partial charge is 0.462 e. The van der Waals surface area contributed by atoms with E-state index in [0.29, 0.717) is 25.7 Å². The van der Waals surface area contributed by atoms with Gasteiger partial charge in [-0.2, -0.15) is 0 Å². The Morgan fingerprint density at radius 3 is 2.11 bits per heavy atom. The Morgan fingerprint density at radius 1 is 0.863 bits per heavy atom. The SMILES string of the molecule is COCC(C(=O)O[C@@H]1C/C=C/C=C/C(=O)O[C@H]([C@@H](C)[C@@H](O)[C@@H](C)CC[C@@H](OC(=O)C(C)N(C)C)[C@H](C)[C@H](OC(C)=O)[C@H](C)CC=O)C/C=C/[C@H](OC)C[C@H](C)C/C=C(\C)[C@@H](OC)CC[C@@H](C)[C@@H](O)[C@@H]1C)N(C)C. The molecule has 17 atom stereocenters. The molecular formula is C57H98N2O14. The van der Waals surface area contributed by atoms with E-state index in [1.165, 1.54) is 20.1 Å². The molecular weight excluding hydrogens is 937 g/mol. The molecule has 0 fully saturated rings. The zero-order chi connectivity index (χ0) is 55.5. The van der Waals surface area contributed by atoms with Gasteiger partial charge in [-0.3, -0.25) is 24.2 Å². The van der Waals surface area contributed by atoms with Crippen molar-refractivity contribution >= 4 is 30.2 Å². The van der Waals surface area contributed by atoms with Crippen molar-refractivity contribution in [1.82, 2.24) is 9.80 Å². The minimum Gasteiger partial charge on any atom is -0.462 e. The molecule has 1 rings (SSSR count). The molecule has 0 aromatic heterocycles. The second-order valence-electron chi connectivity index (χ2n) is 21.3. The number of carbonyl (C=O) groups excluding carboxylic acids is 5. The molecule has 16 heteroatoms. The first-order chi connectivity index (χ1) is 34.3. The van der Waals surface area contributed by atoms with Crippen LogP contribution in [0.5, 0.6) is 0 Å². The Labute approximate surface area is 439 Å². The molecule has 1 aliphatic heterocycles. The van der Waals surface area contributed by atoms with Crippen molar-refractivity contribution in [2.45, 2.75) is 188 Å². The highest BCUT2D eigenvalue weighted by Crippen LogP contribution is 2.32. The highest BCUT2D eigenvalue weighted by Gasteiger charge is 2.38. The van der Waals surface area contributed by atoms with Crippen LogP contribution in [0.15, 0.2) is 48.1 Å². The van der Waals surface area contributed by atoms with E-state index in [-0.39, 0.29) is 61.7 Å². The second kappa shape index (κ2) is 35.5. The molecule has 73 heavy (non-hydrogen) atoms. The Balaban J connectivity index is 3.66. The molecule has 0 aliphatic carbocycles. The molecule has 0 amide bonds. The number of aliphatic hydroxyl groups is 2. The minimum absolute atomic E-state index is 0.130. The van der Waals surface area contributed by atoms with Gasteiger partial charge in [-0.15, -0.1) is 0 Å². The van der Waals surface area contributed by atoms with Crippen LogP contribution >= 0.6 is 0 Å². The third kappa shape index (κ3) is 24.2. The summed E-state index contributed by atoms with van der Waals surface area (Å²) in [7, 11) is 12.0. The summed E-state index contributed by atoms with van der Waals surface area (Å²) in [5.41, 5.74) is 1.10. The summed E-state index contributed by atoms with van der Waals surface area (Å²) in [6, 6.07) is -1.21. The van der Waals surface area contributed by atoms with Gasteiger partial charge in [0.2, 0.25) is 0 Å². The molecule has 0 radical (unpaired) electrons. The molecule has 0 bridgehead atoms. The maximum atomic E-state index is 13.6. The third-order valence-electron chi connectivity index (χ3n) is 14.9. The van der Waals surface area contributed by atoms with Gasteiger partial charge >= 0.3 is 23.9 Å². The lowest BCUT2D eigenvalue weighted by Crippen LogP contribution is -2.44. The van der Waals surface area contributed by atoms with Crippen LogP contribution < -0.4 is 0 Å². The van der Waals surface area contributed by atoms with Crippen molar-refractivity contribution < 1.29 is 67.3 Å². The van der Waals surface area contributed by atoms with E-state index in [1.54, 1.807) is 77.4 Å². The van der Waals surface area contributed by atoms with Gasteiger partial charge in [-0.05, 0) is 104 Å². The lowest BCUT2D eigenvalue weighted by atomic mass is 9.82. The molecule has 16 nitrogen and oxygen atoms in total. The number of rotatable bonds is 22. The van der Waals surface area contributed by atoms with E-state index < -0.39 is 90.3 Å². The summed E-state index contributed by atoms with van der Waals surface area (Å²) in [6.07, 6.45) is 12.5. The number of nitrogens with zero attached hydrogens (tertiary/aromatic N) is 2. The minimum atomic E-state index is -0.965. The fourth-order valence-electron chi connectivity index (χ4n) is 9.31. The smallest absolute Gasteiger partial charge is 0.331 e. The fraction of sp³-hybridized carbons (Fsp3) is 0.772. The van der Waals surface area contributed by atoms with E-state index in [4.69, 9.17) is 33.2 Å². The topological polar surface area (TPSA) is 197 Å². The standard InChI is InChI=1S/C57H98N2O14/c1-36-26-27-37(2)48(69-17)30-28-38(3)54(64)42(7)50(73-57(66)47(35-67-15)59(13)14)23-19-18-20-25-52(62)71-49(24-21-22-46(34-36)68-16)41(6)53(63)39(4)29-31-51(72-56(65)44(9)58(11)12)43(8)55(70-45(10)61)40(5)32-33-60/h18-22,25,27,33,36,38-44,46-51,53-55,63-64H,23-24,26,28-32,34-35H2,1-17H3/b19-18+,22-21+,25-20+,37-27+/t36-,38-,39+,40-,41-,42-,43+,44?,46+,47?,48+,49+,50-,51-,53+,54-,55-/m1/s1. The van der Waals surface area contributed by atoms with E-state index in [0.717, 1.165) is 24.7 Å². The van der Waals surface area contributed by atoms with Crippen LogP contribution in [0.1, 0.15) is 127 Å². The van der Waals surface area contributed by atoms with Gasteiger partial charge in [0.05, 0.1) is 31.0 Å². The van der Waals surface area contributed by atoms with Gasteiger partial charge < -0.3 is 48.2 Å². The molecule has 2 unspecified atom stereocenters. The molecule has 0 saturated carbocycles. The van der Waals surface area contributed by atoms with Crippen LogP contribution in [0.2, 0.25) is 0 Å². The molecule has 1 heterocycles. The molecule has 0 aromatic carbocycles. The van der Waals surface area contributed by atoms with Gasteiger partial charge in [0.1, 0.15) is 42.8 Å². The van der Waals surface area contributed by atoms with Crippen LogP contribution in [0.25, 0.3) is 0 Å². The van der Waals surface area contributed by atoms with Crippen molar-refractivity contribution in [3.05, 3.63) is 48.1 Å². The Hall–Kier alpha value is -3.77. The average molecular weight is 1040 g/mol. The molecule has 0 aromatic rings. The zero-order valence-corrected chi connectivity index (χ0v) is 47.7. The first-order valence-electron chi connectivity index (χ1n) is 26.5. The number of methoxy groups -OCH3 is 3. The maximum absolute atomic E-state index is 13.6. The van der Waals surface area contributed by atoms with E-state index in [1.807, 2.05) is 53.7 Å². The van der Waals surface area contributed by atoms with Crippen molar-refractivity contribution in [3.8, 4) is 0 Å². The van der Waals surface area contributed by atoms with Crippen LogP contribution in [0, 0.1) is 41.4 Å². The summed E-state index contributed by atoms with van der Waals surface area (Å²) >= 11 is 0. The van der Waals surface area contributed by atoms with Crippen LogP contribution in [0.3, 0.4) is 0 Å². The average Bonchev–Trinajstić information content (AvgIpc) is 3.34. The monoisotopic (exact) mass is 1030 g/mol. The number of likely N-dealkylation sites (N-methyl/N-ethyl adjacent to an activating group) is 2. The zero-order valence-electron chi connectivity index (χ0n) is 47.7. The van der Waals surface area contributed by atoms with Crippen LogP contribution in [0.4, 0.5) is 0 Å². The summed E-state index contributed by atoms with van der Waals surface area (Å²) in [4.78, 5) is 67.7. The summed E-state index contributed by atoms with van der Waals surface area (Å²) in [5.74, 6) is -4.16. The van der Waals surface area contributed by atoms with Gasteiger partial charge in [0.25, 0.3) is 0 Å². The van der Waals surface area contributed by atoms with Crippen molar-refractivity contribution in [3.63, 3.8) is 0 Å². The van der Waals surface area contributed by atoms with Gasteiger partial charge in [-0.1, -0.05) is 84.9 Å². The third-order valence-corrected chi connectivity index (χ3v) is 14.9. The van der Waals surface area contributed by atoms with Crippen LogP contribution in [-0.4, -0.2) is 167 Å². The lowest BCUT2D eigenvalue weighted by Gasteiger charge is -2.35. The van der Waals surface area contributed by atoms with Gasteiger partial charge in [0, 0.05) is 77.3 Å². The summed E-state index contributed by atoms with van der Waals surface area (Å²) < 4.78 is 41.2. The fourth-order valence-corrected chi connectivity index (χ4v) is 9.31. The molecule has 1 aliphatic rings. The van der Waals surface area contributed by atoms with Crippen molar-refractivity contribution in [1.29, 1.82) is 0 Å². The predicted octanol–water partition coefficient (Wildman–Crippen LogP) is 7.72. The number of hydrogen-bond donors (Lipinski definition) is 2. The molecule has 0 spiro atoms. The summed E-state index contributed by atoms with van der Waals surface area (Å²) in [6.45, 7) is 18.7. The highest BCUT2D eigenvalue weighted by atomic mass is 16.6. The molecule has 2 N–H and O–H groups in total. The number of carbonyl (C=O) groups is 5. The van der Waals surface area contributed by atoms with E-state index in [9.17, 15) is 34.2 Å². The van der Waals surface area contributed by atoms with Gasteiger partial charge in [-0.25, -0.2) is 4.79 Å². The number of cyclic esters (lactones) is 1. The summed E-state index contributed by atoms with van der Waals surface area (Å²) in [5, 5.41) is 23.7. The Kier molecular flexibility index (Phi) is 32.7. The molecule has 0 saturated heterocycles. The van der Waals surface area contributed by atoms with Crippen molar-refractivity contribution in [2.24, 2.45) is 41.4 Å². The lowest BCUT2D eigenvalue weighted by molar-refractivity contribution is -0.167. The highest BCUT2D eigenvalue weighted by molar-refractivity contribution is 5.82. The van der Waals surface area contributed by atoms with E-state index >= 15 is 0 Å². The first kappa shape index (κ1) is 67.2. The van der Waals surface area contributed by atoms with Crippen molar-refractivity contribution in [2.75, 3.05) is 56.1 Å². The number of aliphatic hydroxyl groups excluding tert-OH is 2. The predicted molar refractivity (Wildman–Crippen MR) is 284 cm³/mol. The molecule has 420 valence electrons. The normalized spacial score (nSPS) is 29.2. The number of ether oxygens (including phenoxy) is 7. The Bertz CT molecular complexity index is 1750. The number of hydrogen-bond acceptors (Lipinski definition) is 16. The Morgan fingerprint density at radius 2 is 1.53 bits per heavy atom. The number of allylic oxidation sites excluding steroid dienone is 3. The number of aldehydes is 1.